The summed E-state index contributed by atoms with van der Waals surface area (Å²) in [5.74, 6) is 0.173. The molecule has 3 rings (SSSR count). The number of benzene rings is 1. The van der Waals surface area contributed by atoms with E-state index in [0.29, 0.717) is 6.54 Å². The number of likely N-dealkylation sites (N-methyl/N-ethyl adjacent to an activating group) is 1. The highest BCUT2D eigenvalue weighted by atomic mass is 35.5. The fourth-order valence-electron chi connectivity index (χ4n) is 2.84. The van der Waals surface area contributed by atoms with Gasteiger partial charge in [-0.25, -0.2) is 4.68 Å². The lowest BCUT2D eigenvalue weighted by atomic mass is 10.0. The van der Waals surface area contributed by atoms with Gasteiger partial charge in [0.15, 0.2) is 0 Å². The van der Waals surface area contributed by atoms with E-state index in [4.69, 9.17) is 0 Å². The molecule has 1 N–H and O–H groups in total. The predicted octanol–water partition coefficient (Wildman–Crippen LogP) is 2.39. The van der Waals surface area contributed by atoms with E-state index in [1.54, 1.807) is 4.90 Å². The number of piperidine rings is 1. The van der Waals surface area contributed by atoms with E-state index in [0.717, 1.165) is 37.1 Å². The molecule has 1 atom stereocenters. The first-order valence-electron chi connectivity index (χ1n) is 7.81. The van der Waals surface area contributed by atoms with Crippen LogP contribution in [0.15, 0.2) is 42.7 Å². The Morgan fingerprint density at radius 2 is 2.13 bits per heavy atom. The zero-order valence-electron chi connectivity index (χ0n) is 13.3. The van der Waals surface area contributed by atoms with Crippen LogP contribution in [0.25, 0.3) is 5.69 Å². The Kier molecular flexibility index (Phi) is 6.19. The van der Waals surface area contributed by atoms with Gasteiger partial charge in [-0.05, 0) is 31.5 Å². The van der Waals surface area contributed by atoms with Crippen LogP contribution in [-0.2, 0) is 11.3 Å². The molecule has 23 heavy (non-hydrogen) atoms. The molecule has 1 amide bonds. The average Bonchev–Trinajstić information content (AvgIpc) is 3.04. The molecular weight excluding hydrogens is 312 g/mol. The van der Waals surface area contributed by atoms with Gasteiger partial charge in [-0.15, -0.1) is 12.4 Å². The van der Waals surface area contributed by atoms with Gasteiger partial charge in [0.2, 0.25) is 5.91 Å². The highest BCUT2D eigenvalue weighted by molar-refractivity contribution is 5.85. The van der Waals surface area contributed by atoms with E-state index in [9.17, 15) is 4.79 Å². The summed E-state index contributed by atoms with van der Waals surface area (Å²) >= 11 is 0. The van der Waals surface area contributed by atoms with Gasteiger partial charge in [-0.1, -0.05) is 24.6 Å². The number of nitrogens with one attached hydrogen (secondary N) is 1. The van der Waals surface area contributed by atoms with E-state index in [1.165, 1.54) is 0 Å². The minimum absolute atomic E-state index is 0. The second-order valence-electron chi connectivity index (χ2n) is 5.83. The Hall–Kier alpha value is -1.85. The summed E-state index contributed by atoms with van der Waals surface area (Å²) in [6, 6.07) is 9.96. The highest BCUT2D eigenvalue weighted by Gasteiger charge is 2.23. The van der Waals surface area contributed by atoms with Crippen molar-refractivity contribution in [2.75, 3.05) is 13.6 Å². The van der Waals surface area contributed by atoms with Crippen molar-refractivity contribution >= 4 is 18.3 Å². The van der Waals surface area contributed by atoms with Gasteiger partial charge in [0, 0.05) is 25.4 Å². The first kappa shape index (κ1) is 17.5. The van der Waals surface area contributed by atoms with Gasteiger partial charge in [0.1, 0.15) is 0 Å². The van der Waals surface area contributed by atoms with Crippen molar-refractivity contribution in [3.05, 3.63) is 48.3 Å². The summed E-state index contributed by atoms with van der Waals surface area (Å²) < 4.78 is 1.84. The summed E-state index contributed by atoms with van der Waals surface area (Å²) in [7, 11) is 1.86. The number of carbonyl (C=O) groups excluding carboxylic acids is 1. The fraction of sp³-hybridized carbons (Fsp3) is 0.412. The molecule has 2 aromatic rings. The topological polar surface area (TPSA) is 50.2 Å². The van der Waals surface area contributed by atoms with E-state index >= 15 is 0 Å². The number of amides is 1. The summed E-state index contributed by atoms with van der Waals surface area (Å²) in [6.07, 6.45) is 7.03. The molecule has 0 bridgehead atoms. The maximum absolute atomic E-state index is 12.4. The minimum Gasteiger partial charge on any atom is -0.340 e. The van der Waals surface area contributed by atoms with Crippen LogP contribution < -0.4 is 5.32 Å². The van der Waals surface area contributed by atoms with E-state index < -0.39 is 0 Å². The van der Waals surface area contributed by atoms with E-state index in [2.05, 4.69) is 10.4 Å². The maximum Gasteiger partial charge on any atom is 0.239 e. The van der Waals surface area contributed by atoms with Crippen LogP contribution in [0.1, 0.15) is 24.8 Å². The lowest BCUT2D eigenvalue weighted by Gasteiger charge is -2.27. The van der Waals surface area contributed by atoms with Crippen LogP contribution in [0, 0.1) is 0 Å². The van der Waals surface area contributed by atoms with Crippen molar-refractivity contribution in [1.82, 2.24) is 20.0 Å². The number of halogens is 1. The molecule has 1 unspecified atom stereocenters. The molecule has 2 heterocycles. The van der Waals surface area contributed by atoms with Crippen molar-refractivity contribution in [2.24, 2.45) is 0 Å². The van der Waals surface area contributed by atoms with Crippen LogP contribution >= 0.6 is 12.4 Å². The Labute approximate surface area is 143 Å². The number of nitrogens with zero attached hydrogens (tertiary/aromatic N) is 3. The Morgan fingerprint density at radius 3 is 2.83 bits per heavy atom. The Morgan fingerprint density at radius 1 is 1.35 bits per heavy atom. The number of rotatable bonds is 4. The standard InChI is InChI=1S/C17H22N4O.ClH/c1-20(17(22)16-9-5-6-10-18-16)12-14-11-19-21(13-14)15-7-3-2-4-8-15;/h2-4,7-8,11,13,16,18H,5-6,9-10,12H2,1H3;1H. The largest absolute Gasteiger partial charge is 0.340 e. The molecule has 124 valence electrons. The van der Waals surface area contributed by atoms with E-state index in [1.807, 2.05) is 54.5 Å². The first-order chi connectivity index (χ1) is 10.7. The zero-order chi connectivity index (χ0) is 15.4. The Balaban J connectivity index is 0.00000192. The average molecular weight is 335 g/mol. The summed E-state index contributed by atoms with van der Waals surface area (Å²) in [5.41, 5.74) is 2.06. The molecule has 5 nitrogen and oxygen atoms in total. The van der Waals surface area contributed by atoms with E-state index in [-0.39, 0.29) is 24.4 Å². The van der Waals surface area contributed by atoms with Crippen molar-refractivity contribution < 1.29 is 4.79 Å². The van der Waals surface area contributed by atoms with Gasteiger partial charge < -0.3 is 10.2 Å². The van der Waals surface area contributed by atoms with Crippen LogP contribution in [0.3, 0.4) is 0 Å². The van der Waals surface area contributed by atoms with Crippen molar-refractivity contribution in [3.8, 4) is 5.69 Å². The molecule has 1 aromatic heterocycles. The third-order valence-electron chi connectivity index (χ3n) is 4.06. The van der Waals surface area contributed by atoms with Gasteiger partial charge in [-0.3, -0.25) is 4.79 Å². The molecule has 1 aliphatic rings. The number of carbonyl (C=O) groups is 1. The van der Waals surface area contributed by atoms with Crippen LogP contribution in [-0.4, -0.2) is 40.2 Å². The molecule has 1 aromatic carbocycles. The predicted molar refractivity (Wildman–Crippen MR) is 92.9 cm³/mol. The number of aromatic nitrogens is 2. The normalized spacial score (nSPS) is 17.3. The molecule has 1 aliphatic heterocycles. The first-order valence-corrected chi connectivity index (χ1v) is 7.81. The molecule has 0 aliphatic carbocycles. The van der Waals surface area contributed by atoms with Crippen LogP contribution in [0.2, 0.25) is 0 Å². The number of hydrogen-bond acceptors (Lipinski definition) is 3. The zero-order valence-corrected chi connectivity index (χ0v) is 14.1. The monoisotopic (exact) mass is 334 g/mol. The molecule has 0 spiro atoms. The molecule has 0 radical (unpaired) electrons. The van der Waals surface area contributed by atoms with Crippen LogP contribution in [0.4, 0.5) is 0 Å². The third-order valence-corrected chi connectivity index (χ3v) is 4.06. The van der Waals surface area contributed by atoms with Gasteiger partial charge in [0.25, 0.3) is 0 Å². The van der Waals surface area contributed by atoms with Crippen molar-refractivity contribution in [3.63, 3.8) is 0 Å². The fourth-order valence-corrected chi connectivity index (χ4v) is 2.84. The lowest BCUT2D eigenvalue weighted by Crippen LogP contribution is -2.46. The SMILES string of the molecule is CN(Cc1cnn(-c2ccccc2)c1)C(=O)C1CCCCN1.Cl. The Bertz CT molecular complexity index is 623. The molecule has 1 saturated heterocycles. The molecule has 0 saturated carbocycles. The second-order valence-corrected chi connectivity index (χ2v) is 5.83. The minimum atomic E-state index is -0.0251. The summed E-state index contributed by atoms with van der Waals surface area (Å²) in [5, 5.41) is 7.68. The third kappa shape index (κ3) is 4.33. The van der Waals surface area contributed by atoms with Crippen molar-refractivity contribution in [1.29, 1.82) is 0 Å². The molecule has 6 heteroatoms. The van der Waals surface area contributed by atoms with Gasteiger partial charge in [0.05, 0.1) is 17.9 Å². The quantitative estimate of drug-likeness (QED) is 0.934. The lowest BCUT2D eigenvalue weighted by molar-refractivity contribution is -0.133. The van der Waals surface area contributed by atoms with Crippen LogP contribution in [0.5, 0.6) is 0 Å². The summed E-state index contributed by atoms with van der Waals surface area (Å²) in [4.78, 5) is 14.2. The number of hydrogen-bond donors (Lipinski definition) is 1. The van der Waals surface area contributed by atoms with Gasteiger partial charge >= 0.3 is 0 Å². The highest BCUT2D eigenvalue weighted by Crippen LogP contribution is 2.12. The molecular formula is C17H23ClN4O. The van der Waals surface area contributed by atoms with Gasteiger partial charge in [-0.2, -0.15) is 5.10 Å². The number of para-hydroxylation sites is 1. The summed E-state index contributed by atoms with van der Waals surface area (Å²) in [6.45, 7) is 1.53. The molecule has 1 fully saturated rings. The maximum atomic E-state index is 12.4. The second kappa shape index (κ2) is 8.13. The van der Waals surface area contributed by atoms with Crippen molar-refractivity contribution in [2.45, 2.75) is 31.8 Å². The smallest absolute Gasteiger partial charge is 0.239 e.